The largest absolute Gasteiger partial charge is 0.478 e. The molecule has 0 aliphatic carbocycles. The van der Waals surface area contributed by atoms with E-state index in [2.05, 4.69) is 10.00 Å². The number of fused-ring (bicyclic) bond motifs is 1. The van der Waals surface area contributed by atoms with Gasteiger partial charge in [0.15, 0.2) is 0 Å². The Bertz CT molecular complexity index is 618. The van der Waals surface area contributed by atoms with Crippen molar-refractivity contribution in [3.05, 3.63) is 35.7 Å². The maximum absolute atomic E-state index is 11.4. The van der Waals surface area contributed by atoms with E-state index >= 15 is 0 Å². The van der Waals surface area contributed by atoms with Gasteiger partial charge in [0.2, 0.25) is 0 Å². The molecule has 2 aromatic rings. The molecule has 0 saturated heterocycles. The highest BCUT2D eigenvalue weighted by Gasteiger charge is 2.16. The quantitative estimate of drug-likeness (QED) is 0.748. The smallest absolute Gasteiger partial charge is 0.339 e. The molecular formula is C15H21N3O4. The summed E-state index contributed by atoms with van der Waals surface area (Å²) in [7, 11) is 3.32. The Morgan fingerprint density at radius 2 is 2.00 bits per heavy atom. The van der Waals surface area contributed by atoms with Gasteiger partial charge >= 0.3 is 5.97 Å². The van der Waals surface area contributed by atoms with E-state index in [-0.39, 0.29) is 5.56 Å². The Kier molecular flexibility index (Phi) is 5.88. The lowest BCUT2D eigenvalue weighted by Gasteiger charge is -2.22. The highest BCUT2D eigenvalue weighted by molar-refractivity contribution is 5.96. The van der Waals surface area contributed by atoms with Gasteiger partial charge in [-0.2, -0.15) is 5.10 Å². The molecule has 0 amide bonds. The average Bonchev–Trinajstić information content (AvgIpc) is 2.95. The molecule has 0 unspecified atom stereocenters. The van der Waals surface area contributed by atoms with Crippen LogP contribution < -0.4 is 0 Å². The molecule has 2 heterocycles. The van der Waals surface area contributed by atoms with Crippen molar-refractivity contribution < 1.29 is 19.4 Å². The molecule has 0 radical (unpaired) electrons. The van der Waals surface area contributed by atoms with Gasteiger partial charge in [-0.3, -0.25) is 4.90 Å². The number of aromatic nitrogens is 2. The fourth-order valence-corrected chi connectivity index (χ4v) is 2.35. The maximum atomic E-state index is 11.4. The number of nitrogens with zero attached hydrogens (tertiary/aromatic N) is 3. The van der Waals surface area contributed by atoms with Crippen LogP contribution in [0.4, 0.5) is 0 Å². The molecule has 2 rings (SSSR count). The van der Waals surface area contributed by atoms with E-state index < -0.39 is 5.97 Å². The third-order valence-corrected chi connectivity index (χ3v) is 3.47. The Balaban J connectivity index is 2.27. The van der Waals surface area contributed by atoms with Crippen LogP contribution in [0.15, 0.2) is 24.5 Å². The normalized spacial score (nSPS) is 11.4. The zero-order chi connectivity index (χ0) is 15.9. The maximum Gasteiger partial charge on any atom is 0.339 e. The first kappa shape index (κ1) is 16.4. The number of hydrogen-bond donors (Lipinski definition) is 1. The topological polar surface area (TPSA) is 76.3 Å². The van der Waals surface area contributed by atoms with Crippen LogP contribution in [0.5, 0.6) is 0 Å². The molecule has 0 saturated carbocycles. The second-order valence-electron chi connectivity index (χ2n) is 4.95. The Hall–Kier alpha value is -1.96. The summed E-state index contributed by atoms with van der Waals surface area (Å²) in [6.07, 6.45) is 3.13. The van der Waals surface area contributed by atoms with Crippen LogP contribution in [0.3, 0.4) is 0 Å². The van der Waals surface area contributed by atoms with E-state index in [1.165, 1.54) is 6.20 Å². The third kappa shape index (κ3) is 3.82. The number of carboxylic acid groups (broad SMARTS) is 1. The number of rotatable bonds is 9. The SMILES string of the molecule is COCCN(CCOC)Cc1cccn2ncc(C(=O)O)c12. The summed E-state index contributed by atoms with van der Waals surface area (Å²) < 4.78 is 11.9. The number of aromatic carboxylic acids is 1. The molecule has 0 atom stereocenters. The molecule has 0 aromatic carbocycles. The second-order valence-corrected chi connectivity index (χ2v) is 4.95. The van der Waals surface area contributed by atoms with Crippen molar-refractivity contribution in [3.8, 4) is 0 Å². The summed E-state index contributed by atoms with van der Waals surface area (Å²) in [5.74, 6) is -0.970. The molecule has 0 spiro atoms. The molecule has 0 aliphatic rings. The lowest BCUT2D eigenvalue weighted by Crippen LogP contribution is -2.30. The molecule has 120 valence electrons. The Morgan fingerprint density at radius 1 is 1.32 bits per heavy atom. The first-order chi connectivity index (χ1) is 10.7. The van der Waals surface area contributed by atoms with Crippen LogP contribution in [-0.2, 0) is 16.0 Å². The molecule has 22 heavy (non-hydrogen) atoms. The van der Waals surface area contributed by atoms with E-state index in [0.29, 0.717) is 25.3 Å². The molecule has 0 fully saturated rings. The van der Waals surface area contributed by atoms with Gasteiger partial charge in [-0.15, -0.1) is 0 Å². The summed E-state index contributed by atoms with van der Waals surface area (Å²) in [6.45, 7) is 3.33. The number of hydrogen-bond acceptors (Lipinski definition) is 5. The van der Waals surface area contributed by atoms with Crippen LogP contribution in [0.25, 0.3) is 5.52 Å². The number of methoxy groups -OCH3 is 2. The lowest BCUT2D eigenvalue weighted by molar-refractivity contribution is 0.0698. The minimum Gasteiger partial charge on any atom is -0.478 e. The fraction of sp³-hybridized carbons (Fsp3) is 0.467. The van der Waals surface area contributed by atoms with Crippen LogP contribution in [0.2, 0.25) is 0 Å². The molecular weight excluding hydrogens is 286 g/mol. The highest BCUT2D eigenvalue weighted by Crippen LogP contribution is 2.18. The van der Waals surface area contributed by atoms with Crippen LogP contribution in [0, 0.1) is 0 Å². The molecule has 2 aromatic heterocycles. The van der Waals surface area contributed by atoms with Gasteiger partial charge in [-0.25, -0.2) is 9.31 Å². The van der Waals surface area contributed by atoms with Crippen molar-refractivity contribution in [3.63, 3.8) is 0 Å². The van der Waals surface area contributed by atoms with Crippen LogP contribution in [0.1, 0.15) is 15.9 Å². The molecule has 0 bridgehead atoms. The number of ether oxygens (including phenoxy) is 2. The second kappa shape index (κ2) is 7.88. The summed E-state index contributed by atoms with van der Waals surface area (Å²) in [4.78, 5) is 13.5. The molecule has 1 N–H and O–H groups in total. The van der Waals surface area contributed by atoms with Gasteiger partial charge in [0.25, 0.3) is 0 Å². The summed E-state index contributed by atoms with van der Waals surface area (Å²) >= 11 is 0. The van der Waals surface area contributed by atoms with Crippen molar-refractivity contribution in [2.75, 3.05) is 40.5 Å². The van der Waals surface area contributed by atoms with Crippen molar-refractivity contribution >= 4 is 11.5 Å². The van der Waals surface area contributed by atoms with Gasteiger partial charge in [-0.05, 0) is 11.6 Å². The van der Waals surface area contributed by atoms with Gasteiger partial charge in [0, 0.05) is 40.1 Å². The van der Waals surface area contributed by atoms with Crippen molar-refractivity contribution in [2.24, 2.45) is 0 Å². The molecule has 7 nitrogen and oxygen atoms in total. The number of carboxylic acids is 1. The van der Waals surface area contributed by atoms with E-state index in [4.69, 9.17) is 9.47 Å². The number of pyridine rings is 1. The summed E-state index contributed by atoms with van der Waals surface area (Å²) in [5, 5.41) is 13.4. The predicted octanol–water partition coefficient (Wildman–Crippen LogP) is 1.13. The van der Waals surface area contributed by atoms with Crippen molar-refractivity contribution in [1.29, 1.82) is 0 Å². The van der Waals surface area contributed by atoms with Gasteiger partial charge < -0.3 is 14.6 Å². The molecule has 0 aliphatic heterocycles. The Labute approximate surface area is 129 Å². The fourth-order valence-electron chi connectivity index (χ4n) is 2.35. The minimum absolute atomic E-state index is 0.217. The lowest BCUT2D eigenvalue weighted by atomic mass is 10.1. The number of carbonyl (C=O) groups is 1. The van der Waals surface area contributed by atoms with E-state index in [1.54, 1.807) is 24.9 Å². The minimum atomic E-state index is -0.970. The highest BCUT2D eigenvalue weighted by atomic mass is 16.5. The van der Waals surface area contributed by atoms with Crippen LogP contribution >= 0.6 is 0 Å². The van der Waals surface area contributed by atoms with Crippen LogP contribution in [-0.4, -0.2) is 66.1 Å². The standard InChI is InChI=1S/C15H21N3O4/c1-21-8-6-17(7-9-22-2)11-12-4-3-5-18-14(12)13(10-16-18)15(19)20/h3-5,10H,6-9,11H2,1-2H3,(H,19,20). The van der Waals surface area contributed by atoms with E-state index in [0.717, 1.165) is 18.7 Å². The van der Waals surface area contributed by atoms with Gasteiger partial charge in [0.1, 0.15) is 5.56 Å². The zero-order valence-corrected chi connectivity index (χ0v) is 12.9. The monoisotopic (exact) mass is 307 g/mol. The van der Waals surface area contributed by atoms with Gasteiger partial charge in [0.05, 0.1) is 24.9 Å². The summed E-state index contributed by atoms with van der Waals surface area (Å²) in [5.41, 5.74) is 1.77. The third-order valence-electron chi connectivity index (χ3n) is 3.47. The predicted molar refractivity (Wildman–Crippen MR) is 81.2 cm³/mol. The van der Waals surface area contributed by atoms with Crippen molar-refractivity contribution in [2.45, 2.75) is 6.54 Å². The molecule has 7 heteroatoms. The Morgan fingerprint density at radius 3 is 2.59 bits per heavy atom. The first-order valence-electron chi connectivity index (χ1n) is 7.06. The average molecular weight is 307 g/mol. The van der Waals surface area contributed by atoms with Crippen molar-refractivity contribution in [1.82, 2.24) is 14.5 Å². The first-order valence-corrected chi connectivity index (χ1v) is 7.06. The zero-order valence-electron chi connectivity index (χ0n) is 12.9. The summed E-state index contributed by atoms with van der Waals surface area (Å²) in [6, 6.07) is 3.79. The van der Waals surface area contributed by atoms with E-state index in [1.807, 2.05) is 12.1 Å². The van der Waals surface area contributed by atoms with Gasteiger partial charge in [-0.1, -0.05) is 6.07 Å². The van der Waals surface area contributed by atoms with E-state index in [9.17, 15) is 9.90 Å².